The van der Waals surface area contributed by atoms with Crippen LogP contribution in [-0.4, -0.2) is 68.9 Å². The Morgan fingerprint density at radius 2 is 2.13 bits per heavy atom. The second-order valence-electron chi connectivity index (χ2n) is 5.77. The zero-order chi connectivity index (χ0) is 17.0. The lowest BCUT2D eigenvalue weighted by molar-refractivity contribution is 0.0675. The van der Waals surface area contributed by atoms with Gasteiger partial charge in [-0.2, -0.15) is 0 Å². The second-order valence-corrected chi connectivity index (χ2v) is 7.60. The van der Waals surface area contributed by atoms with Crippen LogP contribution in [0.4, 0.5) is 0 Å². The molecule has 1 aliphatic heterocycles. The van der Waals surface area contributed by atoms with Crippen LogP contribution in [0.5, 0.6) is 0 Å². The number of pyridine rings is 1. The Labute approximate surface area is 137 Å². The molecule has 0 aliphatic carbocycles. The molecule has 128 valence electrons. The predicted molar refractivity (Wildman–Crippen MR) is 87.7 cm³/mol. The molecule has 2 heterocycles. The standard InChI is InChI=1S/C15H24N4O3S/c1-4-13-11-18(3)8-5-9-19(13)15(20)12-6-7-14(17-10-12)23(21,22)16-2/h6-7,10,13,16H,4-5,8-9,11H2,1-3H3/t13-/m1/s1. The summed E-state index contributed by atoms with van der Waals surface area (Å²) in [4.78, 5) is 20.8. The van der Waals surface area contributed by atoms with E-state index in [9.17, 15) is 13.2 Å². The number of sulfonamides is 1. The van der Waals surface area contributed by atoms with E-state index >= 15 is 0 Å². The molecule has 23 heavy (non-hydrogen) atoms. The van der Waals surface area contributed by atoms with Gasteiger partial charge in [-0.15, -0.1) is 0 Å². The van der Waals surface area contributed by atoms with Gasteiger partial charge in [0.05, 0.1) is 5.56 Å². The molecule has 1 amide bonds. The SMILES string of the molecule is CC[C@@H]1CN(C)CCCN1C(=O)c1ccc(S(=O)(=O)NC)nc1. The largest absolute Gasteiger partial charge is 0.334 e. The Hall–Kier alpha value is -1.51. The molecule has 1 aromatic rings. The van der Waals surface area contributed by atoms with Crippen molar-refractivity contribution in [3.63, 3.8) is 0 Å². The average Bonchev–Trinajstić information content (AvgIpc) is 2.75. The third kappa shape index (κ3) is 4.07. The highest BCUT2D eigenvalue weighted by Gasteiger charge is 2.27. The van der Waals surface area contributed by atoms with Crippen LogP contribution < -0.4 is 4.72 Å². The van der Waals surface area contributed by atoms with Gasteiger partial charge in [0, 0.05) is 25.3 Å². The molecule has 1 atom stereocenters. The van der Waals surface area contributed by atoms with Crippen LogP contribution in [0, 0.1) is 0 Å². The first-order valence-corrected chi connectivity index (χ1v) is 9.26. The van der Waals surface area contributed by atoms with Crippen molar-refractivity contribution in [2.75, 3.05) is 33.7 Å². The smallest absolute Gasteiger partial charge is 0.257 e. The van der Waals surface area contributed by atoms with Gasteiger partial charge in [0.2, 0.25) is 0 Å². The van der Waals surface area contributed by atoms with Gasteiger partial charge in [-0.1, -0.05) is 6.92 Å². The van der Waals surface area contributed by atoms with Gasteiger partial charge in [0.15, 0.2) is 5.03 Å². The van der Waals surface area contributed by atoms with E-state index in [0.29, 0.717) is 12.1 Å². The van der Waals surface area contributed by atoms with Crippen molar-refractivity contribution in [2.24, 2.45) is 0 Å². The quantitative estimate of drug-likeness (QED) is 0.865. The normalized spacial score (nSPS) is 20.3. The predicted octanol–water partition coefficient (Wildman–Crippen LogP) is 0.546. The molecular formula is C15H24N4O3S. The van der Waals surface area contributed by atoms with Crippen LogP contribution in [0.1, 0.15) is 30.1 Å². The number of amides is 1. The van der Waals surface area contributed by atoms with Crippen molar-refractivity contribution in [3.8, 4) is 0 Å². The van der Waals surface area contributed by atoms with Crippen LogP contribution in [0.3, 0.4) is 0 Å². The number of nitrogens with one attached hydrogen (secondary N) is 1. The minimum absolute atomic E-state index is 0.0841. The van der Waals surface area contributed by atoms with Gasteiger partial charge in [-0.05, 0) is 45.6 Å². The van der Waals surface area contributed by atoms with Gasteiger partial charge in [0.25, 0.3) is 15.9 Å². The molecular weight excluding hydrogens is 316 g/mol. The van der Waals surface area contributed by atoms with Crippen LogP contribution in [-0.2, 0) is 10.0 Å². The Kier molecular flexibility index (Phi) is 5.72. The average molecular weight is 340 g/mol. The molecule has 7 nitrogen and oxygen atoms in total. The highest BCUT2D eigenvalue weighted by atomic mass is 32.2. The molecule has 0 aromatic carbocycles. The van der Waals surface area contributed by atoms with Crippen LogP contribution in [0.25, 0.3) is 0 Å². The Bertz CT molecular complexity index is 645. The summed E-state index contributed by atoms with van der Waals surface area (Å²) in [5.41, 5.74) is 0.419. The zero-order valence-electron chi connectivity index (χ0n) is 13.8. The fourth-order valence-corrected chi connectivity index (χ4v) is 3.44. The molecule has 1 aliphatic rings. The number of hydrogen-bond acceptors (Lipinski definition) is 5. The van der Waals surface area contributed by atoms with E-state index in [1.165, 1.54) is 25.4 Å². The minimum Gasteiger partial charge on any atom is -0.334 e. The molecule has 0 spiro atoms. The van der Waals surface area contributed by atoms with E-state index in [-0.39, 0.29) is 17.0 Å². The fraction of sp³-hybridized carbons (Fsp3) is 0.600. The van der Waals surface area contributed by atoms with E-state index in [2.05, 4.69) is 28.6 Å². The highest BCUT2D eigenvalue weighted by molar-refractivity contribution is 7.89. The summed E-state index contributed by atoms with van der Waals surface area (Å²) in [6.45, 7) is 4.60. The van der Waals surface area contributed by atoms with Gasteiger partial charge in [0.1, 0.15) is 0 Å². The summed E-state index contributed by atoms with van der Waals surface area (Å²) in [6, 6.07) is 3.06. The molecule has 1 fully saturated rings. The maximum atomic E-state index is 12.8. The van der Waals surface area contributed by atoms with Crippen molar-refractivity contribution < 1.29 is 13.2 Å². The number of likely N-dealkylation sites (N-methyl/N-ethyl adjacent to an activating group) is 1. The monoisotopic (exact) mass is 340 g/mol. The summed E-state index contributed by atoms with van der Waals surface area (Å²) in [6.07, 6.45) is 3.15. The number of carbonyl (C=O) groups excluding carboxylic acids is 1. The lowest BCUT2D eigenvalue weighted by atomic mass is 10.1. The third-order valence-electron chi connectivity index (χ3n) is 4.16. The molecule has 0 saturated carbocycles. The Balaban J connectivity index is 2.22. The zero-order valence-corrected chi connectivity index (χ0v) is 14.6. The van der Waals surface area contributed by atoms with Crippen molar-refractivity contribution in [2.45, 2.75) is 30.8 Å². The number of carbonyl (C=O) groups is 1. The van der Waals surface area contributed by atoms with E-state index in [0.717, 1.165) is 25.9 Å². The van der Waals surface area contributed by atoms with Crippen molar-refractivity contribution in [3.05, 3.63) is 23.9 Å². The maximum absolute atomic E-state index is 12.8. The summed E-state index contributed by atoms with van der Waals surface area (Å²) in [5.74, 6) is -0.0898. The number of nitrogens with zero attached hydrogens (tertiary/aromatic N) is 3. The van der Waals surface area contributed by atoms with Crippen molar-refractivity contribution in [1.82, 2.24) is 19.5 Å². The van der Waals surface area contributed by atoms with E-state index in [1.807, 2.05) is 4.90 Å². The molecule has 1 saturated heterocycles. The van der Waals surface area contributed by atoms with Crippen LogP contribution in [0.15, 0.2) is 23.4 Å². The molecule has 1 N–H and O–H groups in total. The molecule has 0 unspecified atom stereocenters. The lowest BCUT2D eigenvalue weighted by Gasteiger charge is -2.30. The third-order valence-corrected chi connectivity index (χ3v) is 5.49. The summed E-state index contributed by atoms with van der Waals surface area (Å²) < 4.78 is 25.6. The summed E-state index contributed by atoms with van der Waals surface area (Å²) >= 11 is 0. The maximum Gasteiger partial charge on any atom is 0.257 e. The molecule has 2 rings (SSSR count). The first-order valence-electron chi connectivity index (χ1n) is 7.78. The Morgan fingerprint density at radius 1 is 1.39 bits per heavy atom. The highest BCUT2D eigenvalue weighted by Crippen LogP contribution is 2.16. The van der Waals surface area contributed by atoms with Crippen LogP contribution in [0.2, 0.25) is 0 Å². The first kappa shape index (κ1) is 17.8. The van der Waals surface area contributed by atoms with Gasteiger partial charge < -0.3 is 9.80 Å². The van der Waals surface area contributed by atoms with E-state index in [1.54, 1.807) is 0 Å². The number of aromatic nitrogens is 1. The van der Waals surface area contributed by atoms with Gasteiger partial charge in [-0.25, -0.2) is 18.1 Å². The number of hydrogen-bond donors (Lipinski definition) is 1. The van der Waals surface area contributed by atoms with E-state index in [4.69, 9.17) is 0 Å². The number of rotatable bonds is 4. The Morgan fingerprint density at radius 3 is 2.70 bits per heavy atom. The summed E-state index contributed by atoms with van der Waals surface area (Å²) in [5, 5.41) is -0.0841. The van der Waals surface area contributed by atoms with Crippen molar-refractivity contribution in [1.29, 1.82) is 0 Å². The first-order chi connectivity index (χ1) is 10.9. The molecule has 0 radical (unpaired) electrons. The van der Waals surface area contributed by atoms with Crippen molar-refractivity contribution >= 4 is 15.9 Å². The van der Waals surface area contributed by atoms with E-state index < -0.39 is 10.0 Å². The minimum atomic E-state index is -3.59. The summed E-state index contributed by atoms with van der Waals surface area (Å²) in [7, 11) is -0.193. The molecule has 0 bridgehead atoms. The topological polar surface area (TPSA) is 82.6 Å². The fourth-order valence-electron chi connectivity index (χ4n) is 2.80. The van der Waals surface area contributed by atoms with Gasteiger partial charge >= 0.3 is 0 Å². The second kappa shape index (κ2) is 7.37. The van der Waals surface area contributed by atoms with Crippen LogP contribution >= 0.6 is 0 Å². The molecule has 8 heteroatoms. The lowest BCUT2D eigenvalue weighted by Crippen LogP contribution is -2.43. The van der Waals surface area contributed by atoms with Gasteiger partial charge in [-0.3, -0.25) is 4.79 Å². The molecule has 1 aromatic heterocycles.